The molecular formula is C20H23F2N3O. The topological polar surface area (TPSA) is 46.9 Å². The molecule has 1 aromatic heterocycles. The van der Waals surface area contributed by atoms with Gasteiger partial charge < -0.3 is 5.32 Å². The third-order valence-corrected chi connectivity index (χ3v) is 5.95. The molecule has 6 heteroatoms. The quantitative estimate of drug-likeness (QED) is 0.848. The molecule has 26 heavy (non-hydrogen) atoms. The number of anilines is 1. The SMILES string of the molecule is CC(C)[C@@H]1C2CC[C@@H]1c1c(NC(=O)c3cn(C)nc3C(F)F)cccc12. The van der Waals surface area contributed by atoms with Crippen molar-refractivity contribution in [3.63, 3.8) is 0 Å². The van der Waals surface area contributed by atoms with E-state index in [2.05, 4.69) is 30.3 Å². The third-order valence-electron chi connectivity index (χ3n) is 5.95. The predicted molar refractivity (Wildman–Crippen MR) is 95.6 cm³/mol. The maximum atomic E-state index is 13.2. The normalized spacial score (nSPS) is 23.7. The zero-order chi connectivity index (χ0) is 18.6. The summed E-state index contributed by atoms with van der Waals surface area (Å²) in [6.07, 6.45) is 0.890. The molecule has 3 atom stereocenters. The lowest BCUT2D eigenvalue weighted by molar-refractivity contribution is 0.101. The van der Waals surface area contributed by atoms with E-state index in [1.165, 1.54) is 35.5 Å². The first kappa shape index (κ1) is 17.2. The molecule has 1 heterocycles. The molecule has 1 aromatic carbocycles. The van der Waals surface area contributed by atoms with Crippen molar-refractivity contribution in [1.82, 2.24) is 9.78 Å². The molecule has 0 aliphatic heterocycles. The zero-order valence-corrected chi connectivity index (χ0v) is 15.2. The Morgan fingerprint density at radius 3 is 2.69 bits per heavy atom. The monoisotopic (exact) mass is 359 g/mol. The predicted octanol–water partition coefficient (Wildman–Crippen LogP) is 4.86. The van der Waals surface area contributed by atoms with Gasteiger partial charge in [-0.05, 0) is 53.7 Å². The summed E-state index contributed by atoms with van der Waals surface area (Å²) in [5.74, 6) is 1.63. The number of halogens is 2. The van der Waals surface area contributed by atoms with Crippen LogP contribution in [0, 0.1) is 11.8 Å². The highest BCUT2D eigenvalue weighted by atomic mass is 19.3. The first-order chi connectivity index (χ1) is 12.4. The summed E-state index contributed by atoms with van der Waals surface area (Å²) in [7, 11) is 1.54. The minimum Gasteiger partial charge on any atom is -0.322 e. The lowest BCUT2D eigenvalue weighted by atomic mass is 9.85. The largest absolute Gasteiger partial charge is 0.322 e. The first-order valence-corrected chi connectivity index (χ1v) is 9.14. The highest BCUT2D eigenvalue weighted by Crippen LogP contribution is 2.61. The van der Waals surface area contributed by atoms with Crippen LogP contribution in [0.15, 0.2) is 24.4 Å². The van der Waals surface area contributed by atoms with Crippen LogP contribution in [0.2, 0.25) is 0 Å². The number of benzene rings is 1. The molecule has 0 saturated heterocycles. The van der Waals surface area contributed by atoms with Crippen molar-refractivity contribution in [2.24, 2.45) is 18.9 Å². The molecule has 1 unspecified atom stereocenters. The number of nitrogens with zero attached hydrogens (tertiary/aromatic N) is 2. The highest BCUT2D eigenvalue weighted by Gasteiger charge is 2.48. The van der Waals surface area contributed by atoms with Crippen molar-refractivity contribution in [2.45, 2.75) is 45.0 Å². The number of rotatable bonds is 4. The standard InChI is InChI=1S/C20H23F2N3O/c1-10(2)16-12-7-8-13(16)17-11(12)5-4-6-15(17)23-20(26)14-9-25(3)24-18(14)19(21)22/h4-6,9-10,12-13,16,19H,7-8H2,1-3H3,(H,23,26)/t12?,13-,16+/m0/s1. The molecule has 0 radical (unpaired) electrons. The summed E-state index contributed by atoms with van der Waals surface area (Å²) in [4.78, 5) is 12.7. The summed E-state index contributed by atoms with van der Waals surface area (Å²) in [5, 5.41) is 6.61. The van der Waals surface area contributed by atoms with Crippen LogP contribution in [-0.4, -0.2) is 15.7 Å². The van der Waals surface area contributed by atoms with E-state index in [9.17, 15) is 13.6 Å². The average Bonchev–Trinajstić information content (AvgIpc) is 3.26. The second kappa shape index (κ2) is 6.18. The Labute approximate surface area is 151 Å². The second-order valence-corrected chi connectivity index (χ2v) is 7.78. The van der Waals surface area contributed by atoms with E-state index in [1.807, 2.05) is 12.1 Å². The fourth-order valence-electron chi connectivity index (χ4n) is 5.11. The van der Waals surface area contributed by atoms with Crippen LogP contribution in [0.3, 0.4) is 0 Å². The van der Waals surface area contributed by atoms with Crippen molar-refractivity contribution in [1.29, 1.82) is 0 Å². The van der Waals surface area contributed by atoms with Crippen LogP contribution in [0.5, 0.6) is 0 Å². The van der Waals surface area contributed by atoms with Gasteiger partial charge in [-0.2, -0.15) is 5.10 Å². The molecule has 2 bridgehead atoms. The van der Waals surface area contributed by atoms with Gasteiger partial charge in [0.2, 0.25) is 0 Å². The molecule has 138 valence electrons. The Hall–Kier alpha value is -2.24. The Bertz CT molecular complexity index is 859. The van der Waals surface area contributed by atoms with Gasteiger partial charge in [-0.3, -0.25) is 9.48 Å². The molecular weight excluding hydrogens is 336 g/mol. The zero-order valence-electron chi connectivity index (χ0n) is 15.2. The summed E-state index contributed by atoms with van der Waals surface area (Å²) < 4.78 is 27.6. The summed E-state index contributed by atoms with van der Waals surface area (Å²) in [6.45, 7) is 4.51. The van der Waals surface area contributed by atoms with Crippen LogP contribution in [0.4, 0.5) is 14.5 Å². The third kappa shape index (κ3) is 2.54. The molecule has 2 aromatic rings. The van der Waals surface area contributed by atoms with E-state index in [4.69, 9.17) is 0 Å². The maximum absolute atomic E-state index is 13.2. The number of aryl methyl sites for hydroxylation is 1. The number of hydrogen-bond donors (Lipinski definition) is 1. The van der Waals surface area contributed by atoms with E-state index in [-0.39, 0.29) is 5.56 Å². The van der Waals surface area contributed by atoms with Gasteiger partial charge >= 0.3 is 0 Å². The molecule has 1 fully saturated rings. The molecule has 2 aliphatic carbocycles. The van der Waals surface area contributed by atoms with Crippen molar-refractivity contribution in [3.8, 4) is 0 Å². The van der Waals surface area contributed by atoms with Crippen molar-refractivity contribution in [3.05, 3.63) is 46.8 Å². The number of carbonyl (C=O) groups is 1. The van der Waals surface area contributed by atoms with E-state index in [1.54, 1.807) is 0 Å². The minimum absolute atomic E-state index is 0.0660. The summed E-state index contributed by atoms with van der Waals surface area (Å²) >= 11 is 0. The smallest absolute Gasteiger partial charge is 0.282 e. The van der Waals surface area contributed by atoms with E-state index in [0.29, 0.717) is 23.7 Å². The fraction of sp³-hybridized carbons (Fsp3) is 0.500. The molecule has 0 spiro atoms. The second-order valence-electron chi connectivity index (χ2n) is 7.78. The van der Waals surface area contributed by atoms with Crippen LogP contribution in [-0.2, 0) is 7.05 Å². The number of fused-ring (bicyclic) bond motifs is 5. The van der Waals surface area contributed by atoms with Gasteiger partial charge in [0, 0.05) is 18.9 Å². The number of nitrogens with one attached hydrogen (secondary N) is 1. The van der Waals surface area contributed by atoms with E-state index in [0.717, 1.165) is 12.1 Å². The molecule has 1 saturated carbocycles. The fourth-order valence-corrected chi connectivity index (χ4v) is 5.11. The van der Waals surface area contributed by atoms with Gasteiger partial charge in [0.25, 0.3) is 12.3 Å². The van der Waals surface area contributed by atoms with Gasteiger partial charge in [0.05, 0.1) is 5.56 Å². The number of carbonyl (C=O) groups excluding carboxylic acids is 1. The molecule has 4 nitrogen and oxygen atoms in total. The molecule has 2 aliphatic rings. The van der Waals surface area contributed by atoms with Crippen LogP contribution in [0.25, 0.3) is 0 Å². The Morgan fingerprint density at radius 1 is 1.27 bits per heavy atom. The van der Waals surface area contributed by atoms with Gasteiger partial charge in [-0.25, -0.2) is 8.78 Å². The molecule has 1 N–H and O–H groups in total. The van der Waals surface area contributed by atoms with Crippen LogP contribution in [0.1, 0.15) is 72.1 Å². The first-order valence-electron chi connectivity index (χ1n) is 9.14. The number of amides is 1. The molecule has 4 rings (SSSR count). The lowest BCUT2D eigenvalue weighted by Gasteiger charge is -2.21. The van der Waals surface area contributed by atoms with Gasteiger partial charge in [0.1, 0.15) is 5.69 Å². The number of hydrogen-bond acceptors (Lipinski definition) is 2. The number of aromatic nitrogens is 2. The number of alkyl halides is 2. The van der Waals surface area contributed by atoms with Crippen LogP contribution < -0.4 is 5.32 Å². The minimum atomic E-state index is -2.78. The summed E-state index contributed by atoms with van der Waals surface area (Å²) in [6, 6.07) is 5.98. The van der Waals surface area contributed by atoms with Gasteiger partial charge in [0.15, 0.2) is 0 Å². The Morgan fingerprint density at radius 2 is 2.00 bits per heavy atom. The van der Waals surface area contributed by atoms with Crippen molar-refractivity contribution in [2.75, 3.05) is 5.32 Å². The lowest BCUT2D eigenvalue weighted by Crippen LogP contribution is -2.16. The maximum Gasteiger partial charge on any atom is 0.282 e. The van der Waals surface area contributed by atoms with Crippen molar-refractivity contribution < 1.29 is 13.6 Å². The molecule has 1 amide bonds. The Balaban J connectivity index is 1.67. The van der Waals surface area contributed by atoms with Gasteiger partial charge in [-0.1, -0.05) is 26.0 Å². The van der Waals surface area contributed by atoms with E-state index >= 15 is 0 Å². The van der Waals surface area contributed by atoms with Gasteiger partial charge in [-0.15, -0.1) is 0 Å². The van der Waals surface area contributed by atoms with Crippen LogP contribution >= 0.6 is 0 Å². The average molecular weight is 359 g/mol. The Kier molecular flexibility index (Phi) is 4.09. The van der Waals surface area contributed by atoms with E-state index < -0.39 is 18.0 Å². The van der Waals surface area contributed by atoms with Crippen molar-refractivity contribution >= 4 is 11.6 Å². The summed E-state index contributed by atoms with van der Waals surface area (Å²) in [5.41, 5.74) is 2.74. The highest BCUT2D eigenvalue weighted by molar-refractivity contribution is 6.05.